The molecule has 0 amide bonds. The van der Waals surface area contributed by atoms with Crippen LogP contribution < -0.4 is 14.8 Å². The van der Waals surface area contributed by atoms with Crippen LogP contribution in [0.4, 0.5) is 0 Å². The third-order valence-electron chi connectivity index (χ3n) is 3.43. The van der Waals surface area contributed by atoms with Crippen LogP contribution in [0, 0.1) is 0 Å². The van der Waals surface area contributed by atoms with Gasteiger partial charge in [0.1, 0.15) is 11.5 Å². The molecule has 1 rings (SSSR count). The Kier molecular flexibility index (Phi) is 6.71. The van der Waals surface area contributed by atoms with Gasteiger partial charge in [-0.2, -0.15) is 0 Å². The smallest absolute Gasteiger partial charge is 0.123 e. The van der Waals surface area contributed by atoms with Crippen LogP contribution in [0.5, 0.6) is 11.5 Å². The number of methoxy groups -OCH3 is 2. The Bertz CT molecular complexity index is 379. The molecule has 3 heteroatoms. The van der Waals surface area contributed by atoms with Crippen LogP contribution in [-0.4, -0.2) is 20.3 Å². The van der Waals surface area contributed by atoms with E-state index in [0.717, 1.165) is 17.1 Å². The molecule has 0 bridgehead atoms. The van der Waals surface area contributed by atoms with Gasteiger partial charge in [-0.25, -0.2) is 0 Å². The molecular weight excluding hydrogens is 238 g/mol. The normalized spacial score (nSPS) is 13.9. The van der Waals surface area contributed by atoms with Crippen LogP contribution in [0.3, 0.4) is 0 Å². The lowest BCUT2D eigenvalue weighted by Gasteiger charge is -2.22. The van der Waals surface area contributed by atoms with Gasteiger partial charge in [0.15, 0.2) is 0 Å². The molecule has 0 aromatic heterocycles. The van der Waals surface area contributed by atoms with Crippen molar-refractivity contribution in [2.45, 2.75) is 52.1 Å². The van der Waals surface area contributed by atoms with Gasteiger partial charge in [-0.15, -0.1) is 0 Å². The molecule has 2 unspecified atom stereocenters. The van der Waals surface area contributed by atoms with Crippen LogP contribution in [0.1, 0.15) is 51.6 Å². The van der Waals surface area contributed by atoms with Crippen molar-refractivity contribution < 1.29 is 9.47 Å². The first-order valence-electron chi connectivity index (χ1n) is 7.10. The largest absolute Gasteiger partial charge is 0.497 e. The van der Waals surface area contributed by atoms with Crippen molar-refractivity contribution in [3.05, 3.63) is 23.8 Å². The molecular formula is C16H27NO2. The summed E-state index contributed by atoms with van der Waals surface area (Å²) in [5.74, 6) is 1.77. The van der Waals surface area contributed by atoms with E-state index < -0.39 is 0 Å². The van der Waals surface area contributed by atoms with Crippen LogP contribution in [0.2, 0.25) is 0 Å². The molecule has 2 atom stereocenters. The SMILES string of the molecule is CCCCC(C)NC(C)c1cc(OC)ccc1OC. The van der Waals surface area contributed by atoms with Gasteiger partial charge in [0.2, 0.25) is 0 Å². The number of unbranched alkanes of at least 4 members (excludes halogenated alkanes) is 1. The molecule has 1 aromatic rings. The van der Waals surface area contributed by atoms with Gasteiger partial charge in [0, 0.05) is 17.6 Å². The molecule has 1 N–H and O–H groups in total. The molecule has 19 heavy (non-hydrogen) atoms. The fourth-order valence-electron chi connectivity index (χ4n) is 2.29. The quantitative estimate of drug-likeness (QED) is 0.772. The molecule has 0 saturated carbocycles. The van der Waals surface area contributed by atoms with Gasteiger partial charge in [-0.3, -0.25) is 0 Å². The van der Waals surface area contributed by atoms with Crippen LogP contribution in [-0.2, 0) is 0 Å². The highest BCUT2D eigenvalue weighted by atomic mass is 16.5. The van der Waals surface area contributed by atoms with Crippen molar-refractivity contribution in [2.75, 3.05) is 14.2 Å². The molecule has 1 aromatic carbocycles. The summed E-state index contributed by atoms with van der Waals surface area (Å²) in [6.45, 7) is 6.62. The minimum atomic E-state index is 0.247. The van der Waals surface area contributed by atoms with Crippen molar-refractivity contribution in [3.8, 4) is 11.5 Å². The Balaban J connectivity index is 2.76. The molecule has 0 aliphatic heterocycles. The van der Waals surface area contributed by atoms with Crippen LogP contribution in [0.25, 0.3) is 0 Å². The topological polar surface area (TPSA) is 30.5 Å². The Morgan fingerprint density at radius 2 is 1.89 bits per heavy atom. The molecule has 0 fully saturated rings. The zero-order valence-electron chi connectivity index (χ0n) is 12.8. The van der Waals surface area contributed by atoms with Crippen LogP contribution >= 0.6 is 0 Å². The lowest BCUT2D eigenvalue weighted by molar-refractivity contribution is 0.383. The second-order valence-corrected chi connectivity index (χ2v) is 5.04. The van der Waals surface area contributed by atoms with E-state index in [9.17, 15) is 0 Å². The van der Waals surface area contributed by atoms with Crippen molar-refractivity contribution in [3.63, 3.8) is 0 Å². The zero-order chi connectivity index (χ0) is 14.3. The fourth-order valence-corrected chi connectivity index (χ4v) is 2.29. The third kappa shape index (κ3) is 4.75. The first-order chi connectivity index (χ1) is 9.12. The standard InChI is InChI=1S/C16H27NO2/c1-6-7-8-12(2)17-13(3)15-11-14(18-4)9-10-16(15)19-5/h9-13,17H,6-8H2,1-5H3. The summed E-state index contributed by atoms with van der Waals surface area (Å²) >= 11 is 0. The van der Waals surface area contributed by atoms with Gasteiger partial charge in [0.05, 0.1) is 14.2 Å². The van der Waals surface area contributed by atoms with Crippen molar-refractivity contribution in [1.29, 1.82) is 0 Å². The van der Waals surface area contributed by atoms with E-state index in [-0.39, 0.29) is 6.04 Å². The Morgan fingerprint density at radius 1 is 1.16 bits per heavy atom. The summed E-state index contributed by atoms with van der Waals surface area (Å²) in [4.78, 5) is 0. The van der Waals surface area contributed by atoms with Crippen molar-refractivity contribution in [2.24, 2.45) is 0 Å². The van der Waals surface area contributed by atoms with Gasteiger partial charge in [-0.05, 0) is 38.5 Å². The second-order valence-electron chi connectivity index (χ2n) is 5.04. The Morgan fingerprint density at radius 3 is 2.47 bits per heavy atom. The zero-order valence-corrected chi connectivity index (χ0v) is 12.8. The molecule has 0 heterocycles. The molecule has 108 valence electrons. The first kappa shape index (κ1) is 15.8. The fraction of sp³-hybridized carbons (Fsp3) is 0.625. The number of benzene rings is 1. The number of rotatable bonds is 8. The van der Waals surface area contributed by atoms with Crippen molar-refractivity contribution in [1.82, 2.24) is 5.32 Å². The van der Waals surface area contributed by atoms with E-state index >= 15 is 0 Å². The van der Waals surface area contributed by atoms with Gasteiger partial charge in [-0.1, -0.05) is 19.8 Å². The molecule has 3 nitrogen and oxygen atoms in total. The van der Waals surface area contributed by atoms with Crippen LogP contribution in [0.15, 0.2) is 18.2 Å². The predicted molar refractivity (Wildman–Crippen MR) is 80.1 cm³/mol. The van der Waals surface area contributed by atoms with Gasteiger partial charge >= 0.3 is 0 Å². The molecule has 0 aliphatic rings. The average molecular weight is 265 g/mol. The summed E-state index contributed by atoms with van der Waals surface area (Å²) in [5, 5.41) is 3.62. The second kappa shape index (κ2) is 8.05. The van der Waals surface area contributed by atoms with E-state index in [0.29, 0.717) is 6.04 Å². The molecule has 0 aliphatic carbocycles. The highest BCUT2D eigenvalue weighted by Gasteiger charge is 2.14. The first-order valence-corrected chi connectivity index (χ1v) is 7.10. The summed E-state index contributed by atoms with van der Waals surface area (Å²) in [6.07, 6.45) is 3.70. The lowest BCUT2D eigenvalue weighted by atomic mass is 10.0. The average Bonchev–Trinajstić information content (AvgIpc) is 2.44. The van der Waals surface area contributed by atoms with E-state index in [1.807, 2.05) is 18.2 Å². The van der Waals surface area contributed by atoms with Gasteiger partial charge in [0.25, 0.3) is 0 Å². The van der Waals surface area contributed by atoms with E-state index in [1.165, 1.54) is 19.3 Å². The predicted octanol–water partition coefficient (Wildman–Crippen LogP) is 3.93. The maximum absolute atomic E-state index is 5.43. The lowest BCUT2D eigenvalue weighted by Crippen LogP contribution is -2.29. The van der Waals surface area contributed by atoms with Crippen molar-refractivity contribution >= 4 is 0 Å². The minimum absolute atomic E-state index is 0.247. The van der Waals surface area contributed by atoms with E-state index in [2.05, 4.69) is 26.1 Å². The molecule has 0 radical (unpaired) electrons. The minimum Gasteiger partial charge on any atom is -0.497 e. The number of hydrogen-bond donors (Lipinski definition) is 1. The maximum Gasteiger partial charge on any atom is 0.123 e. The summed E-state index contributed by atoms with van der Waals surface area (Å²) in [6, 6.07) is 6.68. The molecule has 0 spiro atoms. The Labute approximate surface area is 117 Å². The Hall–Kier alpha value is -1.22. The highest BCUT2D eigenvalue weighted by Crippen LogP contribution is 2.29. The summed E-state index contributed by atoms with van der Waals surface area (Å²) < 4.78 is 10.7. The van der Waals surface area contributed by atoms with E-state index in [1.54, 1.807) is 14.2 Å². The third-order valence-corrected chi connectivity index (χ3v) is 3.43. The highest BCUT2D eigenvalue weighted by molar-refractivity contribution is 5.42. The monoisotopic (exact) mass is 265 g/mol. The molecule has 0 saturated heterocycles. The number of hydrogen-bond acceptors (Lipinski definition) is 3. The maximum atomic E-state index is 5.43. The van der Waals surface area contributed by atoms with Gasteiger partial charge < -0.3 is 14.8 Å². The number of ether oxygens (including phenoxy) is 2. The summed E-state index contributed by atoms with van der Waals surface area (Å²) in [5.41, 5.74) is 1.14. The van der Waals surface area contributed by atoms with E-state index in [4.69, 9.17) is 9.47 Å². The number of nitrogens with one attached hydrogen (secondary N) is 1. The summed E-state index contributed by atoms with van der Waals surface area (Å²) in [7, 11) is 3.39.